The Morgan fingerprint density at radius 1 is 1.60 bits per heavy atom. The van der Waals surface area contributed by atoms with Gasteiger partial charge in [0.25, 0.3) is 0 Å². The minimum absolute atomic E-state index is 0.368. The summed E-state index contributed by atoms with van der Waals surface area (Å²) in [5.74, 6) is 0.547. The Kier molecular flexibility index (Phi) is 4.85. The van der Waals surface area contributed by atoms with E-state index in [0.717, 1.165) is 16.3 Å². The fraction of sp³-hybridized carbons (Fsp3) is 0.182. The van der Waals surface area contributed by atoms with Crippen LogP contribution in [0.15, 0.2) is 33.8 Å². The number of carbonyl (C=O) groups excluding carboxylic acids is 1. The van der Waals surface area contributed by atoms with Gasteiger partial charge in [-0.25, -0.2) is 0 Å². The largest absolute Gasteiger partial charge is 0.487 e. The topological polar surface area (TPSA) is 26.3 Å². The second kappa shape index (κ2) is 5.93. The number of hydrogen-bond donors (Lipinski definition) is 0. The van der Waals surface area contributed by atoms with Crippen LogP contribution in [-0.2, 0) is 0 Å². The molecule has 0 spiro atoms. The molecule has 0 saturated heterocycles. The Bertz CT molecular complexity index is 388. The van der Waals surface area contributed by atoms with Crippen LogP contribution in [0.3, 0.4) is 0 Å². The van der Waals surface area contributed by atoms with E-state index in [4.69, 9.17) is 16.3 Å². The van der Waals surface area contributed by atoms with E-state index < -0.39 is 0 Å². The highest BCUT2D eigenvalue weighted by molar-refractivity contribution is 9.10. The van der Waals surface area contributed by atoms with Crippen molar-refractivity contribution in [3.8, 4) is 5.75 Å². The van der Waals surface area contributed by atoms with Crippen LogP contribution < -0.4 is 4.74 Å². The normalized spacial score (nSPS) is 11.3. The molecule has 0 heterocycles. The van der Waals surface area contributed by atoms with Crippen LogP contribution in [0.2, 0.25) is 0 Å². The first kappa shape index (κ1) is 12.3. The molecule has 0 bridgehead atoms. The zero-order valence-electron chi connectivity index (χ0n) is 8.17. The van der Waals surface area contributed by atoms with Crippen molar-refractivity contribution in [2.75, 3.05) is 6.61 Å². The number of rotatable bonds is 4. The second-order valence-electron chi connectivity index (χ2n) is 3.02. The summed E-state index contributed by atoms with van der Waals surface area (Å²) in [5, 5.41) is 0. The van der Waals surface area contributed by atoms with Gasteiger partial charge in [-0.1, -0.05) is 17.7 Å². The van der Waals surface area contributed by atoms with Crippen LogP contribution in [0.4, 0.5) is 0 Å². The number of halogens is 2. The minimum atomic E-state index is 0.368. The number of para-hydroxylation sites is 1. The Morgan fingerprint density at radius 2 is 2.33 bits per heavy atom. The van der Waals surface area contributed by atoms with Crippen LogP contribution in [0.1, 0.15) is 17.3 Å². The highest BCUT2D eigenvalue weighted by atomic mass is 79.9. The number of aldehydes is 1. The van der Waals surface area contributed by atoms with Gasteiger partial charge in [0.2, 0.25) is 0 Å². The molecule has 1 rings (SSSR count). The lowest BCUT2D eigenvalue weighted by molar-refractivity contribution is 0.112. The summed E-state index contributed by atoms with van der Waals surface area (Å²) in [7, 11) is 0. The third kappa shape index (κ3) is 3.36. The molecule has 0 aliphatic rings. The average Bonchev–Trinajstić information content (AvgIpc) is 2.26. The van der Waals surface area contributed by atoms with E-state index in [1.165, 1.54) is 5.54 Å². The first-order chi connectivity index (χ1) is 7.19. The first-order valence-electron chi connectivity index (χ1n) is 4.31. The van der Waals surface area contributed by atoms with Crippen molar-refractivity contribution in [3.05, 3.63) is 39.3 Å². The number of carbonyl (C=O) groups is 1. The van der Waals surface area contributed by atoms with Crippen molar-refractivity contribution < 1.29 is 9.53 Å². The van der Waals surface area contributed by atoms with E-state index in [0.29, 0.717) is 17.9 Å². The summed E-state index contributed by atoms with van der Waals surface area (Å²) in [6.45, 7) is 2.22. The van der Waals surface area contributed by atoms with E-state index in [-0.39, 0.29) is 0 Å². The zero-order valence-corrected chi connectivity index (χ0v) is 10.5. The van der Waals surface area contributed by atoms with Crippen molar-refractivity contribution in [1.82, 2.24) is 0 Å². The molecule has 0 N–H and O–H groups in total. The van der Waals surface area contributed by atoms with Crippen LogP contribution in [0, 0.1) is 0 Å². The van der Waals surface area contributed by atoms with Crippen molar-refractivity contribution in [3.63, 3.8) is 0 Å². The van der Waals surface area contributed by atoms with Crippen LogP contribution in [0.25, 0.3) is 0 Å². The summed E-state index contributed by atoms with van der Waals surface area (Å²) >= 11 is 8.83. The van der Waals surface area contributed by atoms with Gasteiger partial charge in [-0.15, -0.1) is 0 Å². The molecule has 0 aliphatic heterocycles. The van der Waals surface area contributed by atoms with Crippen molar-refractivity contribution in [1.29, 1.82) is 0 Å². The molecule has 0 atom stereocenters. The quantitative estimate of drug-likeness (QED) is 0.789. The molecular weight excluding hydrogens is 279 g/mol. The summed E-state index contributed by atoms with van der Waals surface area (Å²) in [5.41, 5.74) is 2.87. The van der Waals surface area contributed by atoms with Gasteiger partial charge in [0, 0.05) is 5.54 Å². The van der Waals surface area contributed by atoms with Gasteiger partial charge in [-0.2, -0.15) is 0 Å². The molecule has 0 aliphatic carbocycles. The maximum Gasteiger partial charge on any atom is 0.153 e. The van der Waals surface area contributed by atoms with E-state index in [1.807, 2.05) is 13.0 Å². The maximum atomic E-state index is 10.8. The van der Waals surface area contributed by atoms with Crippen molar-refractivity contribution in [2.45, 2.75) is 6.92 Å². The summed E-state index contributed by atoms with van der Waals surface area (Å²) < 4.78 is 6.24. The SMILES string of the molecule is C/C(=C/Cl)COc1c(Br)cccc1C=O. The Balaban J connectivity index is 2.88. The molecule has 1 aromatic rings. The van der Waals surface area contributed by atoms with Gasteiger partial charge in [0.15, 0.2) is 6.29 Å². The number of benzene rings is 1. The Morgan fingerprint density at radius 3 is 2.93 bits per heavy atom. The van der Waals surface area contributed by atoms with Gasteiger partial charge >= 0.3 is 0 Å². The molecule has 4 heteroatoms. The lowest BCUT2D eigenvalue weighted by Crippen LogP contribution is -2.01. The molecule has 0 radical (unpaired) electrons. The first-order valence-corrected chi connectivity index (χ1v) is 5.54. The standard InChI is InChI=1S/C11H10BrClO2/c1-8(5-13)7-15-11-9(6-14)3-2-4-10(11)12/h2-6H,7H2,1H3/b8-5-. The van der Waals surface area contributed by atoms with Crippen molar-refractivity contribution in [2.24, 2.45) is 0 Å². The third-order valence-corrected chi connectivity index (χ3v) is 2.75. The van der Waals surface area contributed by atoms with E-state index in [2.05, 4.69) is 15.9 Å². The lowest BCUT2D eigenvalue weighted by atomic mass is 10.2. The van der Waals surface area contributed by atoms with E-state index >= 15 is 0 Å². The van der Waals surface area contributed by atoms with Crippen molar-refractivity contribution >= 4 is 33.8 Å². The predicted octanol–water partition coefficient (Wildman–Crippen LogP) is 3.78. The van der Waals surface area contributed by atoms with Gasteiger partial charge in [0.05, 0.1) is 10.0 Å². The van der Waals surface area contributed by atoms with Gasteiger partial charge in [-0.3, -0.25) is 4.79 Å². The van der Waals surface area contributed by atoms with Crippen LogP contribution in [0.5, 0.6) is 5.75 Å². The molecule has 0 unspecified atom stereocenters. The van der Waals surface area contributed by atoms with Crippen LogP contribution in [-0.4, -0.2) is 12.9 Å². The molecule has 15 heavy (non-hydrogen) atoms. The minimum Gasteiger partial charge on any atom is -0.487 e. The van der Waals surface area contributed by atoms with Gasteiger partial charge in [-0.05, 0) is 40.6 Å². The van der Waals surface area contributed by atoms with E-state index in [9.17, 15) is 4.79 Å². The summed E-state index contributed by atoms with van der Waals surface area (Å²) in [6.07, 6.45) is 0.764. The lowest BCUT2D eigenvalue weighted by Gasteiger charge is -2.09. The highest BCUT2D eigenvalue weighted by Crippen LogP contribution is 2.28. The third-order valence-electron chi connectivity index (χ3n) is 1.75. The average molecular weight is 290 g/mol. The molecular formula is C11H10BrClO2. The van der Waals surface area contributed by atoms with E-state index in [1.54, 1.807) is 12.1 Å². The predicted molar refractivity (Wildman–Crippen MR) is 64.6 cm³/mol. The molecule has 0 saturated carbocycles. The fourth-order valence-electron chi connectivity index (χ4n) is 0.988. The molecule has 80 valence electrons. The summed E-state index contributed by atoms with van der Waals surface area (Å²) in [6, 6.07) is 5.31. The van der Waals surface area contributed by atoms with Gasteiger partial charge < -0.3 is 4.74 Å². The Labute approximate surface area is 102 Å². The zero-order chi connectivity index (χ0) is 11.3. The second-order valence-corrected chi connectivity index (χ2v) is 4.09. The fourth-order valence-corrected chi connectivity index (χ4v) is 1.55. The highest BCUT2D eigenvalue weighted by Gasteiger charge is 2.06. The molecule has 0 fully saturated rings. The van der Waals surface area contributed by atoms with Gasteiger partial charge in [0.1, 0.15) is 12.4 Å². The van der Waals surface area contributed by atoms with Crippen LogP contribution >= 0.6 is 27.5 Å². The molecule has 0 aromatic heterocycles. The summed E-state index contributed by atoms with van der Waals surface area (Å²) in [4.78, 5) is 10.8. The number of hydrogen-bond acceptors (Lipinski definition) is 2. The molecule has 0 amide bonds. The molecule has 2 nitrogen and oxygen atoms in total. The maximum absolute atomic E-state index is 10.8. The number of ether oxygens (including phenoxy) is 1. The molecule has 1 aromatic carbocycles. The Hall–Kier alpha value is -0.800. The monoisotopic (exact) mass is 288 g/mol. The smallest absolute Gasteiger partial charge is 0.153 e.